The molecular weight excluding hydrogens is 336 g/mol. The molecule has 0 bridgehead atoms. The van der Waals surface area contributed by atoms with Crippen LogP contribution in [0.15, 0.2) is 28.7 Å². The van der Waals surface area contributed by atoms with E-state index in [0.717, 1.165) is 10.0 Å². The van der Waals surface area contributed by atoms with Gasteiger partial charge in [0.2, 0.25) is 11.8 Å². The van der Waals surface area contributed by atoms with E-state index < -0.39 is 0 Å². The van der Waals surface area contributed by atoms with Gasteiger partial charge < -0.3 is 15.0 Å². The number of nitrogens with one attached hydrogen (secondary N) is 1. The molecule has 1 heterocycles. The van der Waals surface area contributed by atoms with Crippen LogP contribution in [0.1, 0.15) is 12.0 Å². The van der Waals surface area contributed by atoms with Gasteiger partial charge in [0.1, 0.15) is 0 Å². The van der Waals surface area contributed by atoms with Crippen LogP contribution in [0.3, 0.4) is 0 Å². The van der Waals surface area contributed by atoms with Crippen molar-refractivity contribution in [2.45, 2.75) is 13.0 Å². The van der Waals surface area contributed by atoms with Crippen LogP contribution in [0.5, 0.6) is 0 Å². The number of benzene rings is 1. The van der Waals surface area contributed by atoms with E-state index in [0.29, 0.717) is 26.2 Å². The predicted molar refractivity (Wildman–Crippen MR) is 82.6 cm³/mol. The van der Waals surface area contributed by atoms with Gasteiger partial charge in [-0.25, -0.2) is 0 Å². The Morgan fingerprint density at radius 3 is 2.95 bits per heavy atom. The molecule has 2 rings (SSSR count). The van der Waals surface area contributed by atoms with Crippen molar-refractivity contribution in [2.24, 2.45) is 5.92 Å². The average Bonchev–Trinajstić information content (AvgIpc) is 2.85. The molecule has 1 aliphatic heterocycles. The summed E-state index contributed by atoms with van der Waals surface area (Å²) in [5.41, 5.74) is 1.02. The lowest BCUT2D eigenvalue weighted by Gasteiger charge is -2.16. The Bertz CT molecular complexity index is 521. The van der Waals surface area contributed by atoms with Gasteiger partial charge in [-0.1, -0.05) is 34.1 Å². The summed E-state index contributed by atoms with van der Waals surface area (Å²) in [5, 5.41) is 2.90. The second-order valence-electron chi connectivity index (χ2n) is 5.04. The van der Waals surface area contributed by atoms with Gasteiger partial charge in [0.05, 0.1) is 12.5 Å². The normalized spacial score (nSPS) is 18.1. The van der Waals surface area contributed by atoms with Gasteiger partial charge in [-0.3, -0.25) is 9.59 Å². The van der Waals surface area contributed by atoms with E-state index in [2.05, 4.69) is 21.2 Å². The number of amides is 2. The molecule has 1 N–H and O–H groups in total. The molecule has 1 atom stereocenters. The Kier molecular flexibility index (Phi) is 5.76. The quantitative estimate of drug-likeness (QED) is 0.843. The summed E-state index contributed by atoms with van der Waals surface area (Å²) >= 11 is 3.45. The van der Waals surface area contributed by atoms with E-state index in [-0.39, 0.29) is 24.2 Å². The summed E-state index contributed by atoms with van der Waals surface area (Å²) in [4.78, 5) is 25.7. The van der Waals surface area contributed by atoms with Crippen LogP contribution in [0.4, 0.5) is 0 Å². The van der Waals surface area contributed by atoms with E-state index in [1.807, 2.05) is 24.3 Å². The van der Waals surface area contributed by atoms with Gasteiger partial charge in [-0.05, 0) is 11.6 Å². The summed E-state index contributed by atoms with van der Waals surface area (Å²) in [6, 6.07) is 7.75. The molecule has 114 valence electrons. The van der Waals surface area contributed by atoms with Gasteiger partial charge in [0, 0.05) is 37.6 Å². The molecule has 6 heteroatoms. The van der Waals surface area contributed by atoms with Crippen molar-refractivity contribution in [3.63, 3.8) is 0 Å². The fraction of sp³-hybridized carbons (Fsp3) is 0.467. The minimum Gasteiger partial charge on any atom is -0.383 e. The molecule has 0 aromatic heterocycles. The average molecular weight is 355 g/mol. The van der Waals surface area contributed by atoms with Crippen LogP contribution in [0, 0.1) is 5.92 Å². The third kappa shape index (κ3) is 4.28. The molecule has 21 heavy (non-hydrogen) atoms. The Labute approximate surface area is 132 Å². The zero-order valence-corrected chi connectivity index (χ0v) is 13.6. The van der Waals surface area contributed by atoms with E-state index in [1.54, 1.807) is 12.0 Å². The minimum atomic E-state index is -0.267. The van der Waals surface area contributed by atoms with Crippen molar-refractivity contribution < 1.29 is 14.3 Å². The Balaban J connectivity index is 1.84. The molecule has 0 saturated carbocycles. The summed E-state index contributed by atoms with van der Waals surface area (Å²) in [6.07, 6.45) is 0.283. The van der Waals surface area contributed by atoms with E-state index in [9.17, 15) is 9.59 Å². The van der Waals surface area contributed by atoms with Gasteiger partial charge >= 0.3 is 0 Å². The maximum atomic E-state index is 12.2. The van der Waals surface area contributed by atoms with Crippen LogP contribution in [0.2, 0.25) is 0 Å². The number of hydrogen-bond acceptors (Lipinski definition) is 3. The van der Waals surface area contributed by atoms with Crippen LogP contribution in [-0.2, 0) is 20.9 Å². The number of hydrogen-bond donors (Lipinski definition) is 1. The first-order valence-corrected chi connectivity index (χ1v) is 7.69. The standard InChI is InChI=1S/C15H19BrN2O3/c1-21-7-6-18-10-12(8-14(18)19)15(20)17-9-11-4-2-3-5-13(11)16/h2-5,12H,6-10H2,1H3,(H,17,20). The SMILES string of the molecule is COCCN1CC(C(=O)NCc2ccccc2Br)CC1=O. The number of nitrogens with zero attached hydrogens (tertiary/aromatic N) is 1. The van der Waals surface area contributed by atoms with Gasteiger partial charge in [-0.15, -0.1) is 0 Å². The molecule has 1 fully saturated rings. The lowest BCUT2D eigenvalue weighted by Crippen LogP contribution is -2.33. The van der Waals surface area contributed by atoms with E-state index in [1.165, 1.54) is 0 Å². The first-order valence-electron chi connectivity index (χ1n) is 6.89. The van der Waals surface area contributed by atoms with Crippen molar-refractivity contribution in [2.75, 3.05) is 26.8 Å². The molecule has 2 amide bonds. The fourth-order valence-corrected chi connectivity index (χ4v) is 2.76. The predicted octanol–water partition coefficient (Wildman–Crippen LogP) is 1.56. The number of rotatable bonds is 6. The highest BCUT2D eigenvalue weighted by molar-refractivity contribution is 9.10. The van der Waals surface area contributed by atoms with Crippen LogP contribution >= 0.6 is 15.9 Å². The highest BCUT2D eigenvalue weighted by atomic mass is 79.9. The second-order valence-corrected chi connectivity index (χ2v) is 5.90. The van der Waals surface area contributed by atoms with Crippen molar-refractivity contribution in [3.05, 3.63) is 34.3 Å². The van der Waals surface area contributed by atoms with Crippen LogP contribution in [0.25, 0.3) is 0 Å². The molecule has 5 nitrogen and oxygen atoms in total. The van der Waals surface area contributed by atoms with Gasteiger partial charge in [0.25, 0.3) is 0 Å². The van der Waals surface area contributed by atoms with Crippen LogP contribution in [-0.4, -0.2) is 43.5 Å². The van der Waals surface area contributed by atoms with Crippen molar-refractivity contribution in [3.8, 4) is 0 Å². The zero-order valence-electron chi connectivity index (χ0n) is 12.0. The number of carbonyl (C=O) groups is 2. The van der Waals surface area contributed by atoms with Gasteiger partial charge in [0.15, 0.2) is 0 Å². The second kappa shape index (κ2) is 7.56. The molecule has 0 aliphatic carbocycles. The van der Waals surface area contributed by atoms with Crippen molar-refractivity contribution >= 4 is 27.7 Å². The van der Waals surface area contributed by atoms with E-state index >= 15 is 0 Å². The molecular formula is C15H19BrN2O3. The number of carbonyl (C=O) groups excluding carboxylic acids is 2. The Morgan fingerprint density at radius 2 is 2.24 bits per heavy atom. The molecule has 1 aromatic carbocycles. The summed E-state index contributed by atoms with van der Waals surface area (Å²) in [5.74, 6) is -0.316. The van der Waals surface area contributed by atoms with Crippen LogP contribution < -0.4 is 5.32 Å². The van der Waals surface area contributed by atoms with Gasteiger partial charge in [-0.2, -0.15) is 0 Å². The molecule has 0 spiro atoms. The number of ether oxygens (including phenoxy) is 1. The summed E-state index contributed by atoms with van der Waals surface area (Å²) < 4.78 is 5.93. The third-order valence-electron chi connectivity index (χ3n) is 3.56. The molecule has 1 aliphatic rings. The largest absolute Gasteiger partial charge is 0.383 e. The molecule has 0 radical (unpaired) electrons. The minimum absolute atomic E-state index is 0.0214. The number of likely N-dealkylation sites (tertiary alicyclic amines) is 1. The van der Waals surface area contributed by atoms with E-state index in [4.69, 9.17) is 4.74 Å². The maximum absolute atomic E-state index is 12.2. The maximum Gasteiger partial charge on any atom is 0.225 e. The first-order chi connectivity index (χ1) is 10.1. The van der Waals surface area contributed by atoms with Crippen molar-refractivity contribution in [1.82, 2.24) is 10.2 Å². The zero-order chi connectivity index (χ0) is 15.2. The lowest BCUT2D eigenvalue weighted by atomic mass is 10.1. The lowest BCUT2D eigenvalue weighted by molar-refractivity contribution is -0.129. The fourth-order valence-electron chi connectivity index (χ4n) is 2.33. The highest BCUT2D eigenvalue weighted by Crippen LogP contribution is 2.19. The molecule has 1 unspecified atom stereocenters. The number of methoxy groups -OCH3 is 1. The monoisotopic (exact) mass is 354 g/mol. The summed E-state index contributed by atoms with van der Waals surface area (Å²) in [7, 11) is 1.60. The third-order valence-corrected chi connectivity index (χ3v) is 4.34. The summed E-state index contributed by atoms with van der Waals surface area (Å²) in [6.45, 7) is 1.98. The smallest absolute Gasteiger partial charge is 0.225 e. The first kappa shape index (κ1) is 16.0. The molecule has 1 saturated heterocycles. The highest BCUT2D eigenvalue weighted by Gasteiger charge is 2.33. The Hall–Kier alpha value is -1.40. The Morgan fingerprint density at radius 1 is 1.48 bits per heavy atom. The molecule has 1 aromatic rings. The topological polar surface area (TPSA) is 58.6 Å². The van der Waals surface area contributed by atoms with Crippen molar-refractivity contribution in [1.29, 1.82) is 0 Å². The number of halogens is 1.